The third kappa shape index (κ3) is 6.58. The summed E-state index contributed by atoms with van der Waals surface area (Å²) in [5, 5.41) is 14.2. The van der Waals surface area contributed by atoms with Gasteiger partial charge in [-0.1, -0.05) is 54.6 Å². The van der Waals surface area contributed by atoms with Crippen molar-refractivity contribution in [2.75, 3.05) is 13.1 Å². The van der Waals surface area contributed by atoms with Gasteiger partial charge in [0, 0.05) is 25.6 Å². The number of hydrogen-bond donors (Lipinski definition) is 2. The number of aliphatic hydroxyl groups excluding tert-OH is 1. The van der Waals surface area contributed by atoms with Gasteiger partial charge in [-0.05, 0) is 43.9 Å². The molecule has 0 bridgehead atoms. The highest BCUT2D eigenvalue weighted by Crippen LogP contribution is 2.18. The molecule has 156 valence electrons. The molecule has 2 atom stereocenters. The topological polar surface area (TPSA) is 61.8 Å². The molecule has 3 rings (SSSR count). The first-order chi connectivity index (χ1) is 13.8. The molecule has 5 heteroatoms. The average Bonchev–Trinajstić information content (AvgIpc) is 2.67. The standard InChI is InChI=1S/C24H32N2O3/c1-24(2,3)29-23(28)26(17-22(27)13-18-9-5-4-6-10-18)16-21-14-19-11-7-8-12-20(19)15-25-21/h4-12,21-22,25,27H,13-17H2,1-3H3/t21?,22-/m1/s1. The number of nitrogens with zero attached hydrogens (tertiary/aromatic N) is 1. The van der Waals surface area contributed by atoms with E-state index in [1.54, 1.807) is 4.90 Å². The normalized spacial score (nSPS) is 17.3. The van der Waals surface area contributed by atoms with Crippen LogP contribution in [0.4, 0.5) is 4.79 Å². The summed E-state index contributed by atoms with van der Waals surface area (Å²) in [6, 6.07) is 18.3. The van der Waals surface area contributed by atoms with Crippen LogP contribution in [0.5, 0.6) is 0 Å². The maximum Gasteiger partial charge on any atom is 0.410 e. The zero-order valence-corrected chi connectivity index (χ0v) is 17.6. The van der Waals surface area contributed by atoms with E-state index in [0.717, 1.165) is 18.5 Å². The van der Waals surface area contributed by atoms with Crippen molar-refractivity contribution >= 4 is 6.09 Å². The molecule has 1 heterocycles. The lowest BCUT2D eigenvalue weighted by Crippen LogP contribution is -2.50. The Morgan fingerprint density at radius 2 is 1.79 bits per heavy atom. The van der Waals surface area contributed by atoms with E-state index >= 15 is 0 Å². The van der Waals surface area contributed by atoms with Crippen LogP contribution in [0.25, 0.3) is 0 Å². The van der Waals surface area contributed by atoms with Crippen molar-refractivity contribution in [2.24, 2.45) is 0 Å². The molecular formula is C24H32N2O3. The third-order valence-electron chi connectivity index (χ3n) is 5.00. The Kier molecular flexibility index (Phi) is 6.93. The highest BCUT2D eigenvalue weighted by Gasteiger charge is 2.28. The van der Waals surface area contributed by atoms with Gasteiger partial charge in [0.15, 0.2) is 0 Å². The van der Waals surface area contributed by atoms with Crippen LogP contribution in [0.2, 0.25) is 0 Å². The second-order valence-corrected chi connectivity index (χ2v) is 8.78. The molecule has 2 aromatic rings. The van der Waals surface area contributed by atoms with Crippen LogP contribution in [0, 0.1) is 0 Å². The van der Waals surface area contributed by atoms with Gasteiger partial charge in [0.2, 0.25) is 0 Å². The number of aliphatic hydroxyl groups is 1. The zero-order chi connectivity index (χ0) is 20.9. The smallest absolute Gasteiger partial charge is 0.410 e. The van der Waals surface area contributed by atoms with E-state index in [1.165, 1.54) is 11.1 Å². The number of benzene rings is 2. The predicted octanol–water partition coefficient (Wildman–Crippen LogP) is 3.54. The van der Waals surface area contributed by atoms with Crippen LogP contribution in [-0.4, -0.2) is 46.9 Å². The number of amides is 1. The highest BCUT2D eigenvalue weighted by atomic mass is 16.6. The monoisotopic (exact) mass is 396 g/mol. The molecule has 0 aromatic heterocycles. The molecular weight excluding hydrogens is 364 g/mol. The summed E-state index contributed by atoms with van der Waals surface area (Å²) in [5.74, 6) is 0. The number of ether oxygens (including phenoxy) is 1. The van der Waals surface area contributed by atoms with Gasteiger partial charge in [0.25, 0.3) is 0 Å². The Morgan fingerprint density at radius 1 is 1.14 bits per heavy atom. The van der Waals surface area contributed by atoms with Gasteiger partial charge in [-0.15, -0.1) is 0 Å². The molecule has 5 nitrogen and oxygen atoms in total. The molecule has 1 aliphatic rings. The minimum absolute atomic E-state index is 0.126. The van der Waals surface area contributed by atoms with E-state index < -0.39 is 11.7 Å². The lowest BCUT2D eigenvalue weighted by Gasteiger charge is -2.34. The van der Waals surface area contributed by atoms with Gasteiger partial charge in [0.1, 0.15) is 5.60 Å². The summed E-state index contributed by atoms with van der Waals surface area (Å²) < 4.78 is 5.61. The molecule has 29 heavy (non-hydrogen) atoms. The fraction of sp³-hybridized carbons (Fsp3) is 0.458. The van der Waals surface area contributed by atoms with E-state index in [1.807, 2.05) is 57.2 Å². The lowest BCUT2D eigenvalue weighted by atomic mass is 9.95. The Morgan fingerprint density at radius 3 is 2.48 bits per heavy atom. The predicted molar refractivity (Wildman–Crippen MR) is 115 cm³/mol. The summed E-state index contributed by atoms with van der Waals surface area (Å²) in [7, 11) is 0. The minimum atomic E-state index is -0.652. The zero-order valence-electron chi connectivity index (χ0n) is 17.6. The second-order valence-electron chi connectivity index (χ2n) is 8.78. The van der Waals surface area contributed by atoms with Crippen LogP contribution in [-0.2, 0) is 24.1 Å². The van der Waals surface area contributed by atoms with Crippen LogP contribution >= 0.6 is 0 Å². The van der Waals surface area contributed by atoms with Gasteiger partial charge in [-0.3, -0.25) is 0 Å². The Labute approximate surface area is 173 Å². The molecule has 1 unspecified atom stereocenters. The fourth-order valence-electron chi connectivity index (χ4n) is 3.67. The highest BCUT2D eigenvalue weighted by molar-refractivity contribution is 5.68. The number of hydrogen-bond acceptors (Lipinski definition) is 4. The number of carbonyl (C=O) groups is 1. The van der Waals surface area contributed by atoms with Crippen molar-refractivity contribution in [2.45, 2.75) is 57.9 Å². The van der Waals surface area contributed by atoms with Crippen LogP contribution in [0.15, 0.2) is 54.6 Å². The van der Waals surface area contributed by atoms with Crippen molar-refractivity contribution in [3.63, 3.8) is 0 Å². The van der Waals surface area contributed by atoms with Crippen molar-refractivity contribution < 1.29 is 14.6 Å². The van der Waals surface area contributed by atoms with Crippen LogP contribution in [0.3, 0.4) is 0 Å². The Bertz CT molecular complexity index is 801. The van der Waals surface area contributed by atoms with Gasteiger partial charge < -0.3 is 20.1 Å². The minimum Gasteiger partial charge on any atom is -0.444 e. The maximum absolute atomic E-state index is 12.8. The number of carbonyl (C=O) groups excluding carboxylic acids is 1. The van der Waals surface area contributed by atoms with Gasteiger partial charge in [0.05, 0.1) is 12.6 Å². The van der Waals surface area contributed by atoms with E-state index in [-0.39, 0.29) is 18.7 Å². The van der Waals surface area contributed by atoms with Crippen LogP contribution < -0.4 is 5.32 Å². The van der Waals surface area contributed by atoms with Crippen molar-refractivity contribution in [1.82, 2.24) is 10.2 Å². The number of rotatable bonds is 6. The first-order valence-electron chi connectivity index (χ1n) is 10.3. The van der Waals surface area contributed by atoms with E-state index in [0.29, 0.717) is 13.0 Å². The molecule has 0 saturated heterocycles. The molecule has 0 aliphatic carbocycles. The quantitative estimate of drug-likeness (QED) is 0.784. The summed E-state index contributed by atoms with van der Waals surface area (Å²) in [6.07, 6.45) is 0.316. The molecule has 0 saturated carbocycles. The van der Waals surface area contributed by atoms with Crippen molar-refractivity contribution in [1.29, 1.82) is 0 Å². The molecule has 2 N–H and O–H groups in total. The van der Waals surface area contributed by atoms with E-state index in [4.69, 9.17) is 4.74 Å². The molecule has 0 fully saturated rings. The van der Waals surface area contributed by atoms with E-state index in [2.05, 4.69) is 23.5 Å². The first-order valence-corrected chi connectivity index (χ1v) is 10.3. The van der Waals surface area contributed by atoms with Gasteiger partial charge >= 0.3 is 6.09 Å². The fourth-order valence-corrected chi connectivity index (χ4v) is 3.67. The van der Waals surface area contributed by atoms with E-state index in [9.17, 15) is 9.90 Å². The molecule has 2 aromatic carbocycles. The molecule has 0 radical (unpaired) electrons. The summed E-state index contributed by atoms with van der Waals surface area (Å²) in [4.78, 5) is 14.5. The molecule has 0 spiro atoms. The van der Waals surface area contributed by atoms with Gasteiger partial charge in [-0.25, -0.2) is 4.79 Å². The SMILES string of the molecule is CC(C)(C)OC(=O)N(CC1Cc2ccccc2CN1)C[C@H](O)Cc1ccccc1. The van der Waals surface area contributed by atoms with Crippen LogP contribution in [0.1, 0.15) is 37.5 Å². The first kappa shape index (κ1) is 21.3. The summed E-state index contributed by atoms with van der Waals surface area (Å²) in [6.45, 7) is 7.10. The molecule has 1 amide bonds. The summed E-state index contributed by atoms with van der Waals surface area (Å²) >= 11 is 0. The Balaban J connectivity index is 1.67. The lowest BCUT2D eigenvalue weighted by molar-refractivity contribution is 0.0123. The second kappa shape index (κ2) is 9.42. The number of nitrogens with one attached hydrogen (secondary N) is 1. The van der Waals surface area contributed by atoms with Crippen molar-refractivity contribution in [3.8, 4) is 0 Å². The largest absolute Gasteiger partial charge is 0.444 e. The third-order valence-corrected chi connectivity index (χ3v) is 5.00. The average molecular weight is 397 g/mol. The number of fused-ring (bicyclic) bond motifs is 1. The maximum atomic E-state index is 12.8. The van der Waals surface area contributed by atoms with Crippen molar-refractivity contribution in [3.05, 3.63) is 71.3 Å². The molecule has 1 aliphatic heterocycles. The summed E-state index contributed by atoms with van der Waals surface area (Å²) in [5.41, 5.74) is 3.09. The van der Waals surface area contributed by atoms with Gasteiger partial charge in [-0.2, -0.15) is 0 Å². The Hall–Kier alpha value is -2.37.